The molecule has 96 valence electrons. The van der Waals surface area contributed by atoms with Gasteiger partial charge >= 0.3 is 0 Å². The Labute approximate surface area is 107 Å². The Balaban J connectivity index is 2.74. The van der Waals surface area contributed by atoms with Crippen LogP contribution in [0.3, 0.4) is 0 Å². The smallest absolute Gasteiger partial charge is 0.218 e. The van der Waals surface area contributed by atoms with E-state index in [9.17, 15) is 0 Å². The van der Waals surface area contributed by atoms with E-state index in [0.29, 0.717) is 36.0 Å². The van der Waals surface area contributed by atoms with Crippen molar-refractivity contribution in [1.29, 1.82) is 0 Å². The normalized spacial score (nSPS) is 12.8. The highest BCUT2D eigenvalue weighted by Gasteiger charge is 2.11. The fourth-order valence-corrected chi connectivity index (χ4v) is 1.28. The Kier molecular flexibility index (Phi) is 5.65. The molecule has 0 fully saturated rings. The van der Waals surface area contributed by atoms with Crippen LogP contribution in [0.1, 0.15) is 33.5 Å². The van der Waals surface area contributed by atoms with Crippen LogP contribution in [0.15, 0.2) is 6.07 Å². The number of halogens is 1. The van der Waals surface area contributed by atoms with Crippen LogP contribution in [-0.2, 0) is 11.3 Å². The van der Waals surface area contributed by atoms with Crippen molar-refractivity contribution in [3.63, 3.8) is 0 Å². The van der Waals surface area contributed by atoms with Crippen molar-refractivity contribution in [1.82, 2.24) is 9.97 Å². The van der Waals surface area contributed by atoms with E-state index in [0.717, 1.165) is 0 Å². The van der Waals surface area contributed by atoms with Gasteiger partial charge < -0.3 is 9.47 Å². The lowest BCUT2D eigenvalue weighted by Gasteiger charge is -2.17. The van der Waals surface area contributed by atoms with Gasteiger partial charge in [-0.25, -0.2) is 4.98 Å². The van der Waals surface area contributed by atoms with Crippen LogP contribution in [0.2, 0.25) is 5.15 Å². The second-order valence-corrected chi connectivity index (χ2v) is 4.54. The Morgan fingerprint density at radius 2 is 2.00 bits per heavy atom. The van der Waals surface area contributed by atoms with Crippen molar-refractivity contribution in [2.45, 2.75) is 40.4 Å². The number of nitrogens with zero attached hydrogens (tertiary/aromatic N) is 2. The predicted molar refractivity (Wildman–Crippen MR) is 67.3 cm³/mol. The van der Waals surface area contributed by atoms with Crippen LogP contribution in [0.25, 0.3) is 0 Å². The van der Waals surface area contributed by atoms with E-state index in [1.54, 1.807) is 6.07 Å². The first kappa shape index (κ1) is 14.2. The summed E-state index contributed by atoms with van der Waals surface area (Å²) in [6.07, 6.45) is 0.0842. The fraction of sp³-hybridized carbons (Fsp3) is 0.667. The van der Waals surface area contributed by atoms with Gasteiger partial charge in [-0.15, -0.1) is 0 Å². The van der Waals surface area contributed by atoms with E-state index < -0.39 is 0 Å². The predicted octanol–water partition coefficient (Wildman–Crippen LogP) is 3.09. The van der Waals surface area contributed by atoms with Gasteiger partial charge in [-0.1, -0.05) is 25.4 Å². The van der Waals surface area contributed by atoms with Gasteiger partial charge in [0.1, 0.15) is 11.8 Å². The summed E-state index contributed by atoms with van der Waals surface area (Å²) in [5.74, 6) is 1.46. The zero-order valence-electron chi connectivity index (χ0n) is 10.7. The first-order valence-electron chi connectivity index (χ1n) is 5.80. The van der Waals surface area contributed by atoms with E-state index in [2.05, 4.69) is 23.8 Å². The maximum Gasteiger partial charge on any atom is 0.218 e. The van der Waals surface area contributed by atoms with E-state index in [4.69, 9.17) is 21.1 Å². The minimum Gasteiger partial charge on any atom is -0.474 e. The van der Waals surface area contributed by atoms with Gasteiger partial charge in [0.05, 0.1) is 6.10 Å². The zero-order chi connectivity index (χ0) is 12.8. The molecule has 0 radical (unpaired) electrons. The Hall–Kier alpha value is -0.870. The highest BCUT2D eigenvalue weighted by atomic mass is 35.5. The molecular weight excluding hydrogens is 240 g/mol. The summed E-state index contributed by atoms with van der Waals surface area (Å²) in [5, 5.41) is 0.376. The highest BCUT2D eigenvalue weighted by Crippen LogP contribution is 2.17. The average molecular weight is 259 g/mol. The zero-order valence-corrected chi connectivity index (χ0v) is 11.5. The molecule has 4 nitrogen and oxygen atoms in total. The molecule has 0 bridgehead atoms. The molecule has 0 aliphatic rings. The number of hydrogen-bond acceptors (Lipinski definition) is 4. The third-order valence-corrected chi connectivity index (χ3v) is 2.59. The van der Waals surface area contributed by atoms with E-state index in [1.807, 2.05) is 13.8 Å². The minimum atomic E-state index is 0.0842. The van der Waals surface area contributed by atoms with Crippen LogP contribution < -0.4 is 4.74 Å². The largest absolute Gasteiger partial charge is 0.474 e. The van der Waals surface area contributed by atoms with Crippen molar-refractivity contribution in [3.8, 4) is 5.88 Å². The van der Waals surface area contributed by atoms with Crippen LogP contribution >= 0.6 is 11.6 Å². The van der Waals surface area contributed by atoms with Gasteiger partial charge in [0.25, 0.3) is 0 Å². The van der Waals surface area contributed by atoms with Gasteiger partial charge in [0.15, 0.2) is 5.82 Å². The fourth-order valence-electron chi connectivity index (χ4n) is 1.09. The molecule has 1 heterocycles. The number of ether oxygens (including phenoxy) is 2. The maximum absolute atomic E-state index is 5.91. The first-order valence-corrected chi connectivity index (χ1v) is 6.18. The van der Waals surface area contributed by atoms with Gasteiger partial charge in [-0.05, 0) is 19.8 Å². The molecule has 1 rings (SSSR count). The van der Waals surface area contributed by atoms with Crippen LogP contribution in [0.4, 0.5) is 0 Å². The average Bonchev–Trinajstić information content (AvgIpc) is 2.25. The molecule has 0 aliphatic carbocycles. The molecule has 5 heteroatoms. The van der Waals surface area contributed by atoms with Gasteiger partial charge in [0, 0.05) is 12.7 Å². The molecule has 1 aromatic rings. The Morgan fingerprint density at radius 1 is 1.29 bits per heavy atom. The second kappa shape index (κ2) is 6.77. The monoisotopic (exact) mass is 258 g/mol. The molecule has 0 amide bonds. The molecule has 1 unspecified atom stereocenters. The molecule has 0 saturated heterocycles. The van der Waals surface area contributed by atoms with Gasteiger partial charge in [-0.2, -0.15) is 4.98 Å². The van der Waals surface area contributed by atoms with E-state index >= 15 is 0 Å². The van der Waals surface area contributed by atoms with Crippen LogP contribution in [0.5, 0.6) is 5.88 Å². The van der Waals surface area contributed by atoms with Crippen LogP contribution in [0, 0.1) is 5.92 Å². The van der Waals surface area contributed by atoms with Gasteiger partial charge in [-0.3, -0.25) is 0 Å². The number of aromatic nitrogens is 2. The summed E-state index contributed by atoms with van der Waals surface area (Å²) in [7, 11) is 0. The van der Waals surface area contributed by atoms with Crippen molar-refractivity contribution in [3.05, 3.63) is 17.0 Å². The van der Waals surface area contributed by atoms with Crippen molar-refractivity contribution in [2.24, 2.45) is 5.92 Å². The lowest BCUT2D eigenvalue weighted by atomic mass is 10.1. The standard InChI is InChI=1S/C12H19ClN2O2/c1-5-16-7-11-14-10(13)6-12(15-11)17-9(4)8(2)3/h6,8-9H,5,7H2,1-4H3. The molecule has 0 aromatic carbocycles. The topological polar surface area (TPSA) is 44.2 Å². The molecule has 1 atom stereocenters. The molecule has 0 saturated carbocycles. The van der Waals surface area contributed by atoms with Crippen molar-refractivity contribution in [2.75, 3.05) is 6.61 Å². The summed E-state index contributed by atoms with van der Waals surface area (Å²) in [6.45, 7) is 9.08. The van der Waals surface area contributed by atoms with Crippen LogP contribution in [-0.4, -0.2) is 22.7 Å². The minimum absolute atomic E-state index is 0.0842. The molecule has 0 aliphatic heterocycles. The molecule has 17 heavy (non-hydrogen) atoms. The summed E-state index contributed by atoms with van der Waals surface area (Å²) < 4.78 is 10.9. The quantitative estimate of drug-likeness (QED) is 0.736. The third-order valence-electron chi connectivity index (χ3n) is 2.40. The van der Waals surface area contributed by atoms with Gasteiger partial charge in [0.2, 0.25) is 5.88 Å². The molecule has 1 aromatic heterocycles. The van der Waals surface area contributed by atoms with E-state index in [-0.39, 0.29) is 6.10 Å². The third kappa shape index (κ3) is 4.88. The summed E-state index contributed by atoms with van der Waals surface area (Å²) in [4.78, 5) is 8.32. The van der Waals surface area contributed by atoms with Crippen molar-refractivity contribution >= 4 is 11.6 Å². The number of rotatable bonds is 6. The lowest BCUT2D eigenvalue weighted by molar-refractivity contribution is 0.125. The van der Waals surface area contributed by atoms with Crippen molar-refractivity contribution < 1.29 is 9.47 Å². The molecular formula is C12H19ClN2O2. The number of hydrogen-bond donors (Lipinski definition) is 0. The molecule has 0 N–H and O–H groups in total. The summed E-state index contributed by atoms with van der Waals surface area (Å²) in [6, 6.07) is 1.62. The molecule has 0 spiro atoms. The maximum atomic E-state index is 5.91. The first-order chi connectivity index (χ1) is 8.02. The Bertz CT molecular complexity index is 358. The lowest BCUT2D eigenvalue weighted by Crippen LogP contribution is -2.19. The van der Waals surface area contributed by atoms with E-state index in [1.165, 1.54) is 0 Å². The summed E-state index contributed by atoms with van der Waals surface area (Å²) >= 11 is 5.91. The Morgan fingerprint density at radius 3 is 2.59 bits per heavy atom. The second-order valence-electron chi connectivity index (χ2n) is 4.15. The summed E-state index contributed by atoms with van der Waals surface area (Å²) in [5.41, 5.74) is 0. The highest BCUT2D eigenvalue weighted by molar-refractivity contribution is 6.29. The SMILES string of the molecule is CCOCc1nc(Cl)cc(OC(C)C(C)C)n1.